The fourth-order valence-corrected chi connectivity index (χ4v) is 2.85. The lowest BCUT2D eigenvalue weighted by Crippen LogP contribution is -2.36. The number of hydrogen-bond donors (Lipinski definition) is 2. The van der Waals surface area contributed by atoms with Gasteiger partial charge < -0.3 is 20.1 Å². The molecule has 0 bridgehead atoms. The summed E-state index contributed by atoms with van der Waals surface area (Å²) in [5, 5.41) is 6.23. The average molecular weight is 327 g/mol. The topological polar surface area (TPSA) is 59.6 Å². The van der Waals surface area contributed by atoms with Gasteiger partial charge in [0.25, 0.3) is 5.91 Å². The van der Waals surface area contributed by atoms with Gasteiger partial charge in [0.1, 0.15) is 13.2 Å². The van der Waals surface area contributed by atoms with Gasteiger partial charge in [-0.1, -0.05) is 0 Å². The van der Waals surface area contributed by atoms with E-state index in [0.717, 1.165) is 24.0 Å². The lowest BCUT2D eigenvalue weighted by atomic mass is 10.1. The lowest BCUT2D eigenvalue weighted by Gasteiger charge is -2.20. The van der Waals surface area contributed by atoms with E-state index in [1.165, 1.54) is 0 Å². The molecule has 1 saturated heterocycles. The molecule has 1 unspecified atom stereocenters. The predicted octanol–water partition coefficient (Wildman–Crippen LogP) is 1.31. The molecule has 2 aliphatic heterocycles. The average Bonchev–Trinajstić information content (AvgIpc) is 2.91. The van der Waals surface area contributed by atoms with Crippen molar-refractivity contribution in [2.24, 2.45) is 0 Å². The fourth-order valence-electron chi connectivity index (χ4n) is 2.29. The van der Waals surface area contributed by atoms with Crippen LogP contribution in [0.1, 0.15) is 16.8 Å². The summed E-state index contributed by atoms with van der Waals surface area (Å²) in [4.78, 5) is 12.2. The lowest BCUT2D eigenvalue weighted by molar-refractivity contribution is 0.0938. The summed E-state index contributed by atoms with van der Waals surface area (Å²) in [5.41, 5.74) is 0.586. The van der Waals surface area contributed by atoms with Gasteiger partial charge in [0.2, 0.25) is 0 Å². The Bertz CT molecular complexity index is 501. The Morgan fingerprint density at radius 2 is 2.21 bits per heavy atom. The van der Waals surface area contributed by atoms with E-state index in [4.69, 9.17) is 9.47 Å². The first-order valence-corrected chi connectivity index (χ1v) is 7.14. The van der Waals surface area contributed by atoms with Gasteiger partial charge in [-0.3, -0.25) is 4.79 Å². The van der Waals surface area contributed by atoms with E-state index in [-0.39, 0.29) is 11.9 Å². The number of amides is 1. The molecule has 19 heavy (non-hydrogen) atoms. The van der Waals surface area contributed by atoms with E-state index >= 15 is 0 Å². The summed E-state index contributed by atoms with van der Waals surface area (Å²) in [6.45, 7) is 2.83. The standard InChI is InChI=1S/C13H15BrN2O3/c14-10-5-8(6-11-12(10)19-4-3-18-11)13(17)16-9-1-2-15-7-9/h5-6,9,15H,1-4,7H2,(H,16,17). The summed E-state index contributed by atoms with van der Waals surface area (Å²) >= 11 is 3.42. The maximum Gasteiger partial charge on any atom is 0.251 e. The minimum absolute atomic E-state index is 0.0774. The van der Waals surface area contributed by atoms with Gasteiger partial charge in [0.05, 0.1) is 4.47 Å². The van der Waals surface area contributed by atoms with Crippen molar-refractivity contribution in [3.8, 4) is 11.5 Å². The molecular weight excluding hydrogens is 312 g/mol. The number of carbonyl (C=O) groups excluding carboxylic acids is 1. The fraction of sp³-hybridized carbons (Fsp3) is 0.462. The van der Waals surface area contributed by atoms with E-state index in [9.17, 15) is 4.79 Å². The second kappa shape index (κ2) is 5.38. The normalized spacial score (nSPS) is 21.2. The molecule has 2 heterocycles. The number of hydrogen-bond acceptors (Lipinski definition) is 4. The molecular formula is C13H15BrN2O3. The molecule has 0 saturated carbocycles. The first kappa shape index (κ1) is 12.7. The Kier molecular flexibility index (Phi) is 3.61. The summed E-state index contributed by atoms with van der Waals surface area (Å²) < 4.78 is 11.8. The molecule has 2 aliphatic rings. The molecule has 0 aliphatic carbocycles. The smallest absolute Gasteiger partial charge is 0.251 e. The maximum absolute atomic E-state index is 12.2. The molecule has 2 N–H and O–H groups in total. The molecule has 1 atom stereocenters. The van der Waals surface area contributed by atoms with Crippen molar-refractivity contribution in [1.82, 2.24) is 10.6 Å². The molecule has 1 amide bonds. The third kappa shape index (κ3) is 2.69. The van der Waals surface area contributed by atoms with Gasteiger partial charge in [-0.2, -0.15) is 0 Å². The maximum atomic E-state index is 12.2. The number of carbonyl (C=O) groups is 1. The zero-order valence-corrected chi connectivity index (χ0v) is 12.0. The number of fused-ring (bicyclic) bond motifs is 1. The Labute approximate surface area is 119 Å². The first-order valence-electron chi connectivity index (χ1n) is 6.35. The van der Waals surface area contributed by atoms with Gasteiger partial charge >= 0.3 is 0 Å². The van der Waals surface area contributed by atoms with Crippen molar-refractivity contribution in [1.29, 1.82) is 0 Å². The van der Waals surface area contributed by atoms with Gasteiger partial charge in [-0.05, 0) is 41.0 Å². The number of ether oxygens (including phenoxy) is 2. The summed E-state index contributed by atoms with van der Waals surface area (Å²) in [7, 11) is 0. The molecule has 102 valence electrons. The van der Waals surface area contributed by atoms with Crippen LogP contribution < -0.4 is 20.1 Å². The Hall–Kier alpha value is -1.27. The van der Waals surface area contributed by atoms with Crippen molar-refractivity contribution >= 4 is 21.8 Å². The summed E-state index contributed by atoms with van der Waals surface area (Å²) in [6, 6.07) is 3.71. The Morgan fingerprint density at radius 1 is 1.37 bits per heavy atom. The minimum atomic E-state index is -0.0774. The molecule has 0 aromatic heterocycles. The third-order valence-corrected chi connectivity index (χ3v) is 3.84. The van der Waals surface area contributed by atoms with Crippen molar-refractivity contribution < 1.29 is 14.3 Å². The van der Waals surface area contributed by atoms with Crippen molar-refractivity contribution in [3.05, 3.63) is 22.2 Å². The SMILES string of the molecule is O=C(NC1CCNC1)c1cc(Br)c2c(c1)OCCO2. The zero-order valence-electron chi connectivity index (χ0n) is 10.4. The molecule has 0 spiro atoms. The van der Waals surface area contributed by atoms with Crippen LogP contribution in [0.2, 0.25) is 0 Å². The van der Waals surface area contributed by atoms with Crippen LogP contribution in [0.25, 0.3) is 0 Å². The highest BCUT2D eigenvalue weighted by molar-refractivity contribution is 9.10. The highest BCUT2D eigenvalue weighted by atomic mass is 79.9. The number of halogens is 1. The molecule has 1 fully saturated rings. The molecule has 1 aromatic carbocycles. The minimum Gasteiger partial charge on any atom is -0.486 e. The van der Waals surface area contributed by atoms with E-state index < -0.39 is 0 Å². The van der Waals surface area contributed by atoms with Crippen LogP contribution >= 0.6 is 15.9 Å². The molecule has 0 radical (unpaired) electrons. The van der Waals surface area contributed by atoms with E-state index in [2.05, 4.69) is 26.6 Å². The largest absolute Gasteiger partial charge is 0.486 e. The quantitative estimate of drug-likeness (QED) is 0.860. The van der Waals surface area contributed by atoms with Crippen molar-refractivity contribution in [2.45, 2.75) is 12.5 Å². The highest BCUT2D eigenvalue weighted by Crippen LogP contribution is 2.38. The van der Waals surface area contributed by atoms with Crippen LogP contribution in [0.3, 0.4) is 0 Å². The van der Waals surface area contributed by atoms with Gasteiger partial charge in [-0.25, -0.2) is 0 Å². The first-order chi connectivity index (χ1) is 9.24. The van der Waals surface area contributed by atoms with E-state index in [0.29, 0.717) is 30.3 Å². The zero-order chi connectivity index (χ0) is 13.2. The van der Waals surface area contributed by atoms with Gasteiger partial charge in [0, 0.05) is 18.2 Å². The second-order valence-electron chi connectivity index (χ2n) is 4.65. The van der Waals surface area contributed by atoms with E-state index in [1.54, 1.807) is 12.1 Å². The number of rotatable bonds is 2. The highest BCUT2D eigenvalue weighted by Gasteiger charge is 2.21. The molecule has 6 heteroatoms. The number of nitrogens with one attached hydrogen (secondary N) is 2. The van der Waals surface area contributed by atoms with Crippen LogP contribution in [0.5, 0.6) is 11.5 Å². The van der Waals surface area contributed by atoms with Gasteiger partial charge in [-0.15, -0.1) is 0 Å². The van der Waals surface area contributed by atoms with Gasteiger partial charge in [0.15, 0.2) is 11.5 Å². The summed E-state index contributed by atoms with van der Waals surface area (Å²) in [6.07, 6.45) is 0.970. The van der Waals surface area contributed by atoms with Crippen LogP contribution in [0.4, 0.5) is 0 Å². The van der Waals surface area contributed by atoms with Crippen molar-refractivity contribution in [3.63, 3.8) is 0 Å². The Morgan fingerprint density at radius 3 is 3.00 bits per heavy atom. The van der Waals surface area contributed by atoms with Crippen molar-refractivity contribution in [2.75, 3.05) is 26.3 Å². The molecule has 3 rings (SSSR count). The monoisotopic (exact) mass is 326 g/mol. The number of benzene rings is 1. The third-order valence-electron chi connectivity index (χ3n) is 3.25. The van der Waals surface area contributed by atoms with Crippen LogP contribution in [0, 0.1) is 0 Å². The Balaban J connectivity index is 1.80. The van der Waals surface area contributed by atoms with Crippen LogP contribution in [-0.2, 0) is 0 Å². The van der Waals surface area contributed by atoms with Crippen LogP contribution in [0.15, 0.2) is 16.6 Å². The summed E-state index contributed by atoms with van der Waals surface area (Å²) in [5.74, 6) is 1.21. The van der Waals surface area contributed by atoms with Crippen LogP contribution in [-0.4, -0.2) is 38.3 Å². The van der Waals surface area contributed by atoms with E-state index in [1.807, 2.05) is 0 Å². The predicted molar refractivity (Wildman–Crippen MR) is 73.9 cm³/mol. The molecule has 5 nitrogen and oxygen atoms in total. The molecule has 1 aromatic rings. The second-order valence-corrected chi connectivity index (χ2v) is 5.50.